The summed E-state index contributed by atoms with van der Waals surface area (Å²) in [4.78, 5) is 4.63. The molecule has 1 aliphatic rings. The highest BCUT2D eigenvalue weighted by Crippen LogP contribution is 2.30. The molecule has 0 amide bonds. The first-order valence-electron chi connectivity index (χ1n) is 8.26. The van der Waals surface area contributed by atoms with Gasteiger partial charge in [0.15, 0.2) is 0 Å². The standard InChI is InChI=1S/C19H23ClN4O/c1-13(10-21)8-19(25)17-3-2-15(20)9-18(17)14(11-22)12-24-16-4-6-23-7-5-16/h2-3,9,11-12,16,19,23,25H,1,4-8,22H2/b14-11+,24-12?. The average molecular weight is 359 g/mol. The van der Waals surface area contributed by atoms with Crippen LogP contribution in [0.3, 0.4) is 0 Å². The van der Waals surface area contributed by atoms with Crippen LogP contribution in [0.4, 0.5) is 0 Å². The Hall–Kier alpha value is -2.13. The molecular formula is C19H23ClN4O. The molecule has 0 bridgehead atoms. The summed E-state index contributed by atoms with van der Waals surface area (Å²) in [6.07, 6.45) is 4.49. The number of nitriles is 1. The number of aliphatic hydroxyl groups is 1. The normalized spacial score (nSPS) is 17.4. The van der Waals surface area contributed by atoms with Gasteiger partial charge in [-0.25, -0.2) is 0 Å². The van der Waals surface area contributed by atoms with Gasteiger partial charge in [0, 0.05) is 35.0 Å². The molecule has 1 aromatic carbocycles. The fraction of sp³-hybridized carbons (Fsp3) is 0.368. The van der Waals surface area contributed by atoms with Gasteiger partial charge in [-0.15, -0.1) is 0 Å². The fourth-order valence-corrected chi connectivity index (χ4v) is 2.97. The number of hydrogen-bond donors (Lipinski definition) is 3. The number of nitrogens with zero attached hydrogens (tertiary/aromatic N) is 2. The van der Waals surface area contributed by atoms with Crippen LogP contribution in [0.25, 0.3) is 5.57 Å². The van der Waals surface area contributed by atoms with Gasteiger partial charge < -0.3 is 16.2 Å². The lowest BCUT2D eigenvalue weighted by Gasteiger charge is -2.19. The quantitative estimate of drug-likeness (QED) is 0.538. The summed E-state index contributed by atoms with van der Waals surface area (Å²) in [6.45, 7) is 5.55. The summed E-state index contributed by atoms with van der Waals surface area (Å²) in [5.41, 5.74) is 8.18. The van der Waals surface area contributed by atoms with Gasteiger partial charge in [0.05, 0.1) is 18.2 Å². The van der Waals surface area contributed by atoms with Crippen LogP contribution in [0, 0.1) is 11.3 Å². The zero-order chi connectivity index (χ0) is 18.2. The second-order valence-corrected chi connectivity index (χ2v) is 6.48. The largest absolute Gasteiger partial charge is 0.404 e. The van der Waals surface area contributed by atoms with E-state index >= 15 is 0 Å². The molecule has 1 fully saturated rings. The number of aliphatic hydroxyl groups excluding tert-OH is 1. The zero-order valence-corrected chi connectivity index (χ0v) is 14.8. The molecule has 1 aromatic rings. The molecule has 5 nitrogen and oxygen atoms in total. The molecule has 132 valence electrons. The van der Waals surface area contributed by atoms with E-state index in [2.05, 4.69) is 16.9 Å². The third-order valence-corrected chi connectivity index (χ3v) is 4.43. The lowest BCUT2D eigenvalue weighted by atomic mass is 9.94. The SMILES string of the molecule is C=C(C#N)CC(O)c1ccc(Cl)cc1/C(C=NC1CCNCC1)=C/N. The van der Waals surface area contributed by atoms with Crippen molar-refractivity contribution >= 4 is 23.4 Å². The number of rotatable bonds is 6. The smallest absolute Gasteiger partial charge is 0.0941 e. The molecule has 0 aliphatic carbocycles. The lowest BCUT2D eigenvalue weighted by Crippen LogP contribution is -2.29. The summed E-state index contributed by atoms with van der Waals surface area (Å²) < 4.78 is 0. The van der Waals surface area contributed by atoms with Gasteiger partial charge in [-0.3, -0.25) is 4.99 Å². The summed E-state index contributed by atoms with van der Waals surface area (Å²) >= 11 is 6.13. The van der Waals surface area contributed by atoms with Gasteiger partial charge >= 0.3 is 0 Å². The molecule has 2 rings (SSSR count). The van der Waals surface area contributed by atoms with E-state index < -0.39 is 6.10 Å². The number of halogens is 1. The van der Waals surface area contributed by atoms with Crippen molar-refractivity contribution in [2.75, 3.05) is 13.1 Å². The highest BCUT2D eigenvalue weighted by atomic mass is 35.5. The number of piperidine rings is 1. The predicted molar refractivity (Wildman–Crippen MR) is 102 cm³/mol. The monoisotopic (exact) mass is 358 g/mol. The molecule has 0 radical (unpaired) electrons. The van der Waals surface area contributed by atoms with E-state index in [0.29, 0.717) is 27.3 Å². The molecule has 1 heterocycles. The minimum absolute atomic E-state index is 0.161. The van der Waals surface area contributed by atoms with E-state index in [-0.39, 0.29) is 12.5 Å². The van der Waals surface area contributed by atoms with Crippen LogP contribution in [0.1, 0.15) is 36.5 Å². The van der Waals surface area contributed by atoms with Crippen molar-refractivity contribution in [1.29, 1.82) is 5.26 Å². The molecule has 1 aliphatic heterocycles. The van der Waals surface area contributed by atoms with Crippen LogP contribution in [0.15, 0.2) is 41.5 Å². The van der Waals surface area contributed by atoms with Crippen molar-refractivity contribution in [3.8, 4) is 6.07 Å². The van der Waals surface area contributed by atoms with Crippen molar-refractivity contribution in [1.82, 2.24) is 5.32 Å². The summed E-state index contributed by atoms with van der Waals surface area (Å²) in [5.74, 6) is 0. The van der Waals surface area contributed by atoms with E-state index in [1.807, 2.05) is 6.07 Å². The Labute approximate surface area is 153 Å². The Kier molecular flexibility index (Phi) is 7.20. The van der Waals surface area contributed by atoms with Crippen LogP contribution in [0.2, 0.25) is 5.02 Å². The molecule has 0 aromatic heterocycles. The maximum atomic E-state index is 10.5. The van der Waals surface area contributed by atoms with E-state index in [0.717, 1.165) is 25.9 Å². The Balaban J connectivity index is 2.28. The van der Waals surface area contributed by atoms with Crippen LogP contribution in [0.5, 0.6) is 0 Å². The number of hydrogen-bond acceptors (Lipinski definition) is 5. The van der Waals surface area contributed by atoms with Gasteiger partial charge in [0.1, 0.15) is 0 Å². The van der Waals surface area contributed by atoms with Crippen molar-refractivity contribution in [2.24, 2.45) is 10.7 Å². The highest BCUT2D eigenvalue weighted by Gasteiger charge is 2.17. The van der Waals surface area contributed by atoms with E-state index in [1.54, 1.807) is 24.4 Å². The summed E-state index contributed by atoms with van der Waals surface area (Å²) in [6, 6.07) is 7.42. The first-order chi connectivity index (χ1) is 12.0. The van der Waals surface area contributed by atoms with Crippen molar-refractivity contribution in [2.45, 2.75) is 31.4 Å². The molecule has 1 atom stereocenters. The molecule has 0 spiro atoms. The van der Waals surface area contributed by atoms with Crippen molar-refractivity contribution in [3.63, 3.8) is 0 Å². The topological polar surface area (TPSA) is 94.4 Å². The van der Waals surface area contributed by atoms with Crippen LogP contribution < -0.4 is 11.1 Å². The van der Waals surface area contributed by atoms with Crippen molar-refractivity contribution in [3.05, 3.63) is 52.7 Å². The fourth-order valence-electron chi connectivity index (χ4n) is 2.80. The Bertz CT molecular complexity index is 715. The van der Waals surface area contributed by atoms with E-state index in [9.17, 15) is 5.11 Å². The summed E-state index contributed by atoms with van der Waals surface area (Å²) in [5, 5.41) is 23.2. The van der Waals surface area contributed by atoms with Crippen LogP contribution in [-0.2, 0) is 0 Å². The molecule has 1 unspecified atom stereocenters. The minimum Gasteiger partial charge on any atom is -0.404 e. The van der Waals surface area contributed by atoms with Crippen LogP contribution >= 0.6 is 11.6 Å². The predicted octanol–water partition coefficient (Wildman–Crippen LogP) is 2.97. The second-order valence-electron chi connectivity index (χ2n) is 6.05. The Morgan fingerprint density at radius 2 is 2.24 bits per heavy atom. The molecule has 6 heteroatoms. The maximum Gasteiger partial charge on any atom is 0.0941 e. The second kappa shape index (κ2) is 9.38. The molecule has 0 saturated carbocycles. The van der Waals surface area contributed by atoms with Crippen molar-refractivity contribution < 1.29 is 5.11 Å². The lowest BCUT2D eigenvalue weighted by molar-refractivity contribution is 0.179. The van der Waals surface area contributed by atoms with Gasteiger partial charge in [-0.2, -0.15) is 5.26 Å². The number of aliphatic imine (C=N–C) groups is 1. The maximum absolute atomic E-state index is 10.5. The zero-order valence-electron chi connectivity index (χ0n) is 14.1. The number of nitrogens with two attached hydrogens (primary N) is 1. The molecule has 1 saturated heterocycles. The Morgan fingerprint density at radius 1 is 1.52 bits per heavy atom. The third-order valence-electron chi connectivity index (χ3n) is 4.20. The number of nitrogens with one attached hydrogen (secondary N) is 1. The molecule has 4 N–H and O–H groups in total. The number of allylic oxidation sites excluding steroid dienone is 1. The molecule has 25 heavy (non-hydrogen) atoms. The van der Waals surface area contributed by atoms with Gasteiger partial charge in [0.2, 0.25) is 0 Å². The number of benzene rings is 1. The van der Waals surface area contributed by atoms with Gasteiger partial charge in [-0.05, 0) is 49.2 Å². The average Bonchev–Trinajstić information content (AvgIpc) is 2.63. The van der Waals surface area contributed by atoms with E-state index in [1.165, 1.54) is 6.20 Å². The first kappa shape index (κ1) is 19.2. The van der Waals surface area contributed by atoms with Gasteiger partial charge in [-0.1, -0.05) is 24.2 Å². The van der Waals surface area contributed by atoms with Gasteiger partial charge in [0.25, 0.3) is 0 Å². The third kappa shape index (κ3) is 5.43. The Morgan fingerprint density at radius 3 is 2.88 bits per heavy atom. The van der Waals surface area contributed by atoms with Crippen LogP contribution in [-0.4, -0.2) is 30.5 Å². The first-order valence-corrected chi connectivity index (χ1v) is 8.64. The molecular weight excluding hydrogens is 336 g/mol. The van der Waals surface area contributed by atoms with E-state index in [4.69, 9.17) is 22.6 Å². The summed E-state index contributed by atoms with van der Waals surface area (Å²) in [7, 11) is 0. The highest BCUT2D eigenvalue weighted by molar-refractivity contribution is 6.31. The minimum atomic E-state index is -0.860.